The first-order valence-electron chi connectivity index (χ1n) is 6.93. The van der Waals surface area contributed by atoms with Gasteiger partial charge in [0.15, 0.2) is 0 Å². The third-order valence-corrected chi connectivity index (χ3v) is 3.66. The number of rotatable bonds is 6. The molecule has 0 fully saturated rings. The molecule has 1 N–H and O–H groups in total. The van der Waals surface area contributed by atoms with Gasteiger partial charge in [0.2, 0.25) is 0 Å². The van der Waals surface area contributed by atoms with Gasteiger partial charge in [-0.3, -0.25) is 0 Å². The molecule has 0 aliphatic heterocycles. The van der Waals surface area contributed by atoms with Crippen LogP contribution >= 0.6 is 0 Å². The predicted octanol–water partition coefficient (Wildman–Crippen LogP) is 4.01. The molecule has 0 heterocycles. The first-order chi connectivity index (χ1) is 8.54. The average molecular weight is 249 g/mol. The van der Waals surface area contributed by atoms with Crippen molar-refractivity contribution in [2.75, 3.05) is 13.7 Å². The summed E-state index contributed by atoms with van der Waals surface area (Å²) in [6.07, 6.45) is 1.16. The SMILES string of the molecule is CCNC(c1c(C)cc(C)cc1OC)C(C)CC. The molecule has 0 aliphatic rings. The van der Waals surface area contributed by atoms with Crippen LogP contribution in [0.15, 0.2) is 12.1 Å². The van der Waals surface area contributed by atoms with E-state index in [0.29, 0.717) is 12.0 Å². The maximum Gasteiger partial charge on any atom is 0.124 e. The third-order valence-electron chi connectivity index (χ3n) is 3.66. The van der Waals surface area contributed by atoms with Gasteiger partial charge in [0.05, 0.1) is 7.11 Å². The van der Waals surface area contributed by atoms with Gasteiger partial charge in [-0.2, -0.15) is 0 Å². The van der Waals surface area contributed by atoms with Crippen LogP contribution in [-0.4, -0.2) is 13.7 Å². The lowest BCUT2D eigenvalue weighted by atomic mass is 9.88. The highest BCUT2D eigenvalue weighted by Gasteiger charge is 2.22. The molecular weight excluding hydrogens is 222 g/mol. The minimum atomic E-state index is 0.371. The van der Waals surface area contributed by atoms with Gasteiger partial charge in [-0.1, -0.05) is 33.3 Å². The van der Waals surface area contributed by atoms with Gasteiger partial charge in [-0.25, -0.2) is 0 Å². The zero-order chi connectivity index (χ0) is 13.7. The molecule has 0 aromatic heterocycles. The highest BCUT2D eigenvalue weighted by molar-refractivity contribution is 5.45. The van der Waals surface area contributed by atoms with Gasteiger partial charge in [-0.05, 0) is 43.5 Å². The van der Waals surface area contributed by atoms with Crippen LogP contribution in [0.3, 0.4) is 0 Å². The number of nitrogens with one attached hydrogen (secondary N) is 1. The Morgan fingerprint density at radius 1 is 1.22 bits per heavy atom. The van der Waals surface area contributed by atoms with Crippen LogP contribution in [0.25, 0.3) is 0 Å². The molecule has 2 heteroatoms. The van der Waals surface area contributed by atoms with E-state index in [1.165, 1.54) is 16.7 Å². The summed E-state index contributed by atoms with van der Waals surface area (Å²) in [5.74, 6) is 1.61. The molecular formula is C16H27NO. The molecule has 1 aromatic rings. The molecule has 1 rings (SSSR count). The average Bonchev–Trinajstić information content (AvgIpc) is 2.35. The first-order valence-corrected chi connectivity index (χ1v) is 6.93. The lowest BCUT2D eigenvalue weighted by Crippen LogP contribution is -2.27. The molecule has 0 radical (unpaired) electrons. The highest BCUT2D eigenvalue weighted by Crippen LogP contribution is 2.35. The van der Waals surface area contributed by atoms with Gasteiger partial charge in [0.25, 0.3) is 0 Å². The second-order valence-electron chi connectivity index (χ2n) is 5.12. The standard InChI is InChI=1S/C16H27NO/c1-7-12(4)16(17-8-2)15-13(5)9-11(3)10-14(15)18-6/h9-10,12,16-17H,7-8H2,1-6H3. The van der Waals surface area contributed by atoms with Crippen molar-refractivity contribution < 1.29 is 4.74 Å². The van der Waals surface area contributed by atoms with Crippen molar-refractivity contribution in [3.05, 3.63) is 28.8 Å². The van der Waals surface area contributed by atoms with Crippen LogP contribution in [0.5, 0.6) is 5.75 Å². The maximum atomic E-state index is 5.59. The molecule has 18 heavy (non-hydrogen) atoms. The normalized spacial score (nSPS) is 14.3. The fourth-order valence-corrected chi connectivity index (χ4v) is 2.55. The van der Waals surface area contributed by atoms with Gasteiger partial charge < -0.3 is 10.1 Å². The van der Waals surface area contributed by atoms with Crippen molar-refractivity contribution in [1.82, 2.24) is 5.32 Å². The van der Waals surface area contributed by atoms with Crippen molar-refractivity contribution in [3.63, 3.8) is 0 Å². The van der Waals surface area contributed by atoms with Crippen molar-refractivity contribution in [3.8, 4) is 5.75 Å². The van der Waals surface area contributed by atoms with E-state index in [2.05, 4.69) is 52.1 Å². The summed E-state index contributed by atoms with van der Waals surface area (Å²) in [5.41, 5.74) is 3.89. The zero-order valence-electron chi connectivity index (χ0n) is 12.6. The van der Waals surface area contributed by atoms with E-state index in [-0.39, 0.29) is 0 Å². The van der Waals surface area contributed by atoms with E-state index < -0.39 is 0 Å². The summed E-state index contributed by atoms with van der Waals surface area (Å²) in [6, 6.07) is 4.75. The molecule has 1 aromatic carbocycles. The van der Waals surface area contributed by atoms with Crippen molar-refractivity contribution >= 4 is 0 Å². The lowest BCUT2D eigenvalue weighted by molar-refractivity contribution is 0.354. The van der Waals surface area contributed by atoms with Crippen molar-refractivity contribution in [2.24, 2.45) is 5.92 Å². The van der Waals surface area contributed by atoms with E-state index in [9.17, 15) is 0 Å². The van der Waals surface area contributed by atoms with Gasteiger partial charge in [0.1, 0.15) is 5.75 Å². The van der Waals surface area contributed by atoms with Crippen molar-refractivity contribution in [1.29, 1.82) is 0 Å². The molecule has 102 valence electrons. The molecule has 0 saturated heterocycles. The van der Waals surface area contributed by atoms with E-state index in [1.54, 1.807) is 7.11 Å². The van der Waals surface area contributed by atoms with Gasteiger partial charge in [-0.15, -0.1) is 0 Å². The van der Waals surface area contributed by atoms with E-state index in [1.807, 2.05) is 0 Å². The van der Waals surface area contributed by atoms with Gasteiger partial charge >= 0.3 is 0 Å². The second kappa shape index (κ2) is 6.79. The Labute approximate surface area is 112 Å². The van der Waals surface area contributed by atoms with E-state index in [0.717, 1.165) is 18.7 Å². The third kappa shape index (κ3) is 3.26. The van der Waals surface area contributed by atoms with Crippen LogP contribution < -0.4 is 10.1 Å². The van der Waals surface area contributed by atoms with E-state index >= 15 is 0 Å². The Hall–Kier alpha value is -1.02. The smallest absolute Gasteiger partial charge is 0.124 e. The molecule has 2 nitrogen and oxygen atoms in total. The van der Waals surface area contributed by atoms with Crippen LogP contribution in [0.1, 0.15) is 49.9 Å². The minimum absolute atomic E-state index is 0.371. The van der Waals surface area contributed by atoms with Crippen LogP contribution in [0.4, 0.5) is 0 Å². The quantitative estimate of drug-likeness (QED) is 0.822. The fourth-order valence-electron chi connectivity index (χ4n) is 2.55. The van der Waals surface area contributed by atoms with Gasteiger partial charge in [0, 0.05) is 11.6 Å². The summed E-state index contributed by atoms with van der Waals surface area (Å²) >= 11 is 0. The summed E-state index contributed by atoms with van der Waals surface area (Å²) in [6.45, 7) is 12.0. The summed E-state index contributed by atoms with van der Waals surface area (Å²) < 4.78 is 5.59. The molecule has 2 unspecified atom stereocenters. The van der Waals surface area contributed by atoms with Crippen molar-refractivity contribution in [2.45, 2.75) is 47.1 Å². The number of methoxy groups -OCH3 is 1. The Morgan fingerprint density at radius 3 is 2.39 bits per heavy atom. The Bertz CT molecular complexity index is 387. The summed E-state index contributed by atoms with van der Waals surface area (Å²) in [7, 11) is 1.76. The zero-order valence-corrected chi connectivity index (χ0v) is 12.6. The molecule has 0 amide bonds. The summed E-state index contributed by atoms with van der Waals surface area (Å²) in [4.78, 5) is 0. The Morgan fingerprint density at radius 2 is 1.89 bits per heavy atom. The van der Waals surface area contributed by atoms with Crippen LogP contribution in [0.2, 0.25) is 0 Å². The molecule has 2 atom stereocenters. The number of hydrogen-bond donors (Lipinski definition) is 1. The molecule has 0 saturated carbocycles. The monoisotopic (exact) mass is 249 g/mol. The van der Waals surface area contributed by atoms with Crippen LogP contribution in [0, 0.1) is 19.8 Å². The lowest BCUT2D eigenvalue weighted by Gasteiger charge is -2.28. The molecule has 0 bridgehead atoms. The Kier molecular flexibility index (Phi) is 5.67. The molecule has 0 aliphatic carbocycles. The molecule has 0 spiro atoms. The fraction of sp³-hybridized carbons (Fsp3) is 0.625. The Balaban J connectivity index is 3.25. The predicted molar refractivity (Wildman–Crippen MR) is 78.3 cm³/mol. The second-order valence-corrected chi connectivity index (χ2v) is 5.12. The first kappa shape index (κ1) is 15.0. The number of aryl methyl sites for hydroxylation is 2. The maximum absolute atomic E-state index is 5.59. The highest BCUT2D eigenvalue weighted by atomic mass is 16.5. The topological polar surface area (TPSA) is 21.3 Å². The minimum Gasteiger partial charge on any atom is -0.496 e. The number of hydrogen-bond acceptors (Lipinski definition) is 2. The largest absolute Gasteiger partial charge is 0.496 e. The van der Waals surface area contributed by atoms with E-state index in [4.69, 9.17) is 4.74 Å². The summed E-state index contributed by atoms with van der Waals surface area (Å²) in [5, 5.41) is 3.60. The number of benzene rings is 1. The number of ether oxygens (including phenoxy) is 1. The van der Waals surface area contributed by atoms with Crippen LogP contribution in [-0.2, 0) is 0 Å².